The highest BCUT2D eigenvalue weighted by atomic mass is 16.5. The lowest BCUT2D eigenvalue weighted by molar-refractivity contribution is -0.146. The SMILES string of the molecule is CCOC(=O)C(c1cc(C(C)(C)CC)cc(C)c1OC(=O)c1ccccc1)C(C)C. The van der Waals surface area contributed by atoms with Gasteiger partial charge in [0.15, 0.2) is 0 Å². The Hall–Kier alpha value is -2.62. The highest BCUT2D eigenvalue weighted by Gasteiger charge is 2.32. The molecule has 0 saturated carbocycles. The Morgan fingerprint density at radius 1 is 1.03 bits per heavy atom. The van der Waals surface area contributed by atoms with Gasteiger partial charge >= 0.3 is 11.9 Å². The molecule has 0 spiro atoms. The van der Waals surface area contributed by atoms with Gasteiger partial charge in [0.25, 0.3) is 0 Å². The van der Waals surface area contributed by atoms with Crippen LogP contribution in [0.2, 0.25) is 0 Å². The predicted octanol–water partition coefficient (Wildman–Crippen LogP) is 6.20. The third kappa shape index (κ3) is 5.29. The molecule has 30 heavy (non-hydrogen) atoms. The van der Waals surface area contributed by atoms with Gasteiger partial charge in [-0.3, -0.25) is 4.79 Å². The van der Waals surface area contributed by atoms with Crippen LogP contribution < -0.4 is 4.74 Å². The normalized spacial score (nSPS) is 12.5. The first-order valence-corrected chi connectivity index (χ1v) is 10.7. The van der Waals surface area contributed by atoms with Crippen LogP contribution in [0, 0.1) is 12.8 Å². The van der Waals surface area contributed by atoms with E-state index < -0.39 is 11.9 Å². The average Bonchev–Trinajstić information content (AvgIpc) is 2.70. The van der Waals surface area contributed by atoms with Crippen molar-refractivity contribution in [3.63, 3.8) is 0 Å². The summed E-state index contributed by atoms with van der Waals surface area (Å²) in [5.74, 6) is -0.817. The maximum absolute atomic E-state index is 12.9. The maximum atomic E-state index is 12.9. The Kier molecular flexibility index (Phi) is 7.83. The Balaban J connectivity index is 2.64. The molecule has 1 atom stereocenters. The molecule has 0 aliphatic carbocycles. The highest BCUT2D eigenvalue weighted by molar-refractivity contribution is 5.91. The van der Waals surface area contributed by atoms with Crippen molar-refractivity contribution in [2.45, 2.75) is 66.2 Å². The number of ether oxygens (including phenoxy) is 2. The minimum atomic E-state index is -0.519. The molecule has 2 aromatic carbocycles. The molecule has 1 unspecified atom stereocenters. The third-order valence-electron chi connectivity index (χ3n) is 5.72. The molecule has 0 N–H and O–H groups in total. The molecule has 0 bridgehead atoms. The summed E-state index contributed by atoms with van der Waals surface area (Å²) in [6.45, 7) is 14.5. The van der Waals surface area contributed by atoms with Crippen molar-refractivity contribution in [3.8, 4) is 5.75 Å². The zero-order valence-electron chi connectivity index (χ0n) is 19.2. The number of carbonyl (C=O) groups excluding carboxylic acids is 2. The van der Waals surface area contributed by atoms with E-state index in [1.54, 1.807) is 31.2 Å². The van der Waals surface area contributed by atoms with Crippen molar-refractivity contribution in [2.24, 2.45) is 5.92 Å². The van der Waals surface area contributed by atoms with Gasteiger partial charge in [-0.15, -0.1) is 0 Å². The minimum Gasteiger partial charge on any atom is -0.466 e. The molecule has 0 saturated heterocycles. The van der Waals surface area contributed by atoms with Crippen molar-refractivity contribution in [1.29, 1.82) is 0 Å². The molecule has 0 fully saturated rings. The number of carbonyl (C=O) groups is 2. The van der Waals surface area contributed by atoms with Crippen molar-refractivity contribution < 1.29 is 19.1 Å². The average molecular weight is 411 g/mol. The summed E-state index contributed by atoms with van der Waals surface area (Å²) in [4.78, 5) is 25.7. The lowest BCUT2D eigenvalue weighted by Crippen LogP contribution is -2.24. The summed E-state index contributed by atoms with van der Waals surface area (Å²) < 4.78 is 11.3. The molecule has 0 radical (unpaired) electrons. The van der Waals surface area contributed by atoms with E-state index in [-0.39, 0.29) is 17.3 Å². The van der Waals surface area contributed by atoms with Gasteiger partial charge in [-0.2, -0.15) is 0 Å². The fourth-order valence-electron chi connectivity index (χ4n) is 3.48. The molecular weight excluding hydrogens is 376 g/mol. The van der Waals surface area contributed by atoms with Gasteiger partial charge in [-0.1, -0.05) is 65.0 Å². The molecule has 0 amide bonds. The Labute approximate surface area is 180 Å². The van der Waals surface area contributed by atoms with E-state index in [1.165, 1.54) is 0 Å². The van der Waals surface area contributed by atoms with Crippen LogP contribution >= 0.6 is 0 Å². The van der Waals surface area contributed by atoms with Gasteiger partial charge < -0.3 is 9.47 Å². The zero-order valence-corrected chi connectivity index (χ0v) is 19.2. The standard InChI is InChI=1S/C26H34O4/c1-8-26(6,7)20-15-18(5)23(30-24(27)19-13-11-10-12-14-19)21(16-20)22(17(3)4)25(28)29-9-2/h10-17,22H,8-9H2,1-7H3. The van der Waals surface area contributed by atoms with E-state index >= 15 is 0 Å². The molecule has 2 aromatic rings. The number of hydrogen-bond acceptors (Lipinski definition) is 4. The van der Waals surface area contributed by atoms with Crippen LogP contribution in [0.4, 0.5) is 0 Å². The minimum absolute atomic E-state index is 0.0161. The number of rotatable bonds is 8. The van der Waals surface area contributed by atoms with Gasteiger partial charge in [0.05, 0.1) is 18.1 Å². The van der Waals surface area contributed by atoms with E-state index in [2.05, 4.69) is 26.8 Å². The van der Waals surface area contributed by atoms with Gasteiger partial charge in [0.1, 0.15) is 5.75 Å². The van der Waals surface area contributed by atoms with Crippen LogP contribution in [0.25, 0.3) is 0 Å². The zero-order chi connectivity index (χ0) is 22.5. The second-order valence-electron chi connectivity index (χ2n) is 8.68. The van der Waals surface area contributed by atoms with Gasteiger partial charge in [-0.05, 0) is 54.9 Å². The fourth-order valence-corrected chi connectivity index (χ4v) is 3.48. The summed E-state index contributed by atoms with van der Waals surface area (Å²) in [7, 11) is 0. The van der Waals surface area contributed by atoms with Crippen LogP contribution in [0.3, 0.4) is 0 Å². The first-order chi connectivity index (χ1) is 14.1. The molecule has 0 aromatic heterocycles. The molecule has 2 rings (SSSR count). The number of aryl methyl sites for hydroxylation is 1. The van der Waals surface area contributed by atoms with Gasteiger partial charge in [0.2, 0.25) is 0 Å². The van der Waals surface area contributed by atoms with Gasteiger partial charge in [-0.25, -0.2) is 4.79 Å². The first-order valence-electron chi connectivity index (χ1n) is 10.7. The molecular formula is C26H34O4. The number of benzene rings is 2. The Morgan fingerprint density at radius 3 is 2.20 bits per heavy atom. The first kappa shape index (κ1) is 23.7. The molecule has 162 valence electrons. The largest absolute Gasteiger partial charge is 0.466 e. The van der Waals surface area contributed by atoms with Crippen LogP contribution in [-0.4, -0.2) is 18.5 Å². The summed E-state index contributed by atoms with van der Waals surface area (Å²) in [5.41, 5.74) is 3.06. The summed E-state index contributed by atoms with van der Waals surface area (Å²) >= 11 is 0. The van der Waals surface area contributed by atoms with Crippen LogP contribution in [0.1, 0.15) is 80.9 Å². The van der Waals surface area contributed by atoms with Crippen LogP contribution in [0.5, 0.6) is 5.75 Å². The fraction of sp³-hybridized carbons (Fsp3) is 0.462. The molecule has 0 aliphatic rings. The maximum Gasteiger partial charge on any atom is 0.343 e. The van der Waals surface area contributed by atoms with Crippen molar-refractivity contribution >= 4 is 11.9 Å². The summed E-state index contributed by atoms with van der Waals surface area (Å²) in [6, 6.07) is 13.0. The van der Waals surface area contributed by atoms with E-state index in [0.29, 0.717) is 23.5 Å². The second-order valence-corrected chi connectivity index (χ2v) is 8.68. The summed E-state index contributed by atoms with van der Waals surface area (Å²) in [6.07, 6.45) is 0.945. The van der Waals surface area contributed by atoms with Crippen molar-refractivity contribution in [1.82, 2.24) is 0 Å². The van der Waals surface area contributed by atoms with E-state index in [1.807, 2.05) is 32.9 Å². The van der Waals surface area contributed by atoms with E-state index in [4.69, 9.17) is 9.47 Å². The third-order valence-corrected chi connectivity index (χ3v) is 5.72. The van der Waals surface area contributed by atoms with Gasteiger partial charge in [0, 0.05) is 5.56 Å². The molecule has 4 nitrogen and oxygen atoms in total. The Bertz CT molecular complexity index is 881. The lowest BCUT2D eigenvalue weighted by Gasteiger charge is -2.29. The lowest BCUT2D eigenvalue weighted by atomic mass is 9.78. The van der Waals surface area contributed by atoms with Crippen molar-refractivity contribution in [2.75, 3.05) is 6.61 Å². The van der Waals surface area contributed by atoms with E-state index in [9.17, 15) is 9.59 Å². The van der Waals surface area contributed by atoms with Crippen LogP contribution in [-0.2, 0) is 14.9 Å². The smallest absolute Gasteiger partial charge is 0.343 e. The topological polar surface area (TPSA) is 52.6 Å². The molecule has 0 aliphatic heterocycles. The quantitative estimate of drug-likeness (QED) is 0.384. The van der Waals surface area contributed by atoms with Crippen molar-refractivity contribution in [3.05, 3.63) is 64.7 Å². The van der Waals surface area contributed by atoms with E-state index in [0.717, 1.165) is 17.5 Å². The second kappa shape index (κ2) is 9.92. The summed E-state index contributed by atoms with van der Waals surface area (Å²) in [5, 5.41) is 0. The highest BCUT2D eigenvalue weighted by Crippen LogP contribution is 2.40. The number of hydrogen-bond donors (Lipinski definition) is 0. The molecule has 4 heteroatoms. The Morgan fingerprint density at radius 2 is 1.67 bits per heavy atom. The monoisotopic (exact) mass is 410 g/mol. The number of esters is 2. The molecule has 0 heterocycles. The predicted molar refractivity (Wildman–Crippen MR) is 120 cm³/mol. The van der Waals surface area contributed by atoms with Crippen LogP contribution in [0.15, 0.2) is 42.5 Å².